The third-order valence-corrected chi connectivity index (χ3v) is 0.827. The number of carbonyl (C=O) groups excluding carboxylic acids is 1. The van der Waals surface area contributed by atoms with E-state index < -0.39 is 5.91 Å². The lowest BCUT2D eigenvalue weighted by molar-refractivity contribution is -0.114. The Kier molecular flexibility index (Phi) is 4.47. The van der Waals surface area contributed by atoms with Gasteiger partial charge in [-0.2, -0.15) is 0 Å². The first-order chi connectivity index (χ1) is 5.14. The van der Waals surface area contributed by atoms with Crippen molar-refractivity contribution in [1.82, 2.24) is 9.97 Å². The normalized spacial score (nSPS) is 7.73. The molecular formula is C7H11N3O. The monoisotopic (exact) mass is 153 g/mol. The number of hydrogen-bond acceptors (Lipinski definition) is 2. The van der Waals surface area contributed by atoms with E-state index in [9.17, 15) is 4.79 Å². The number of nitrogens with zero attached hydrogens (tertiary/aromatic N) is 1. The van der Waals surface area contributed by atoms with Crippen molar-refractivity contribution in [3.8, 4) is 0 Å². The van der Waals surface area contributed by atoms with Crippen molar-refractivity contribution in [2.24, 2.45) is 5.73 Å². The maximum Gasteiger partial charge on any atom is 0.243 e. The van der Waals surface area contributed by atoms with Crippen LogP contribution in [-0.2, 0) is 4.79 Å². The Morgan fingerprint density at radius 3 is 2.36 bits per heavy atom. The van der Waals surface area contributed by atoms with Crippen LogP contribution in [0.3, 0.4) is 0 Å². The van der Waals surface area contributed by atoms with Crippen LogP contribution >= 0.6 is 0 Å². The smallest absolute Gasteiger partial charge is 0.243 e. The summed E-state index contributed by atoms with van der Waals surface area (Å²) in [5.41, 5.74) is 5.09. The number of aromatic nitrogens is 2. The van der Waals surface area contributed by atoms with Gasteiger partial charge in [0.25, 0.3) is 0 Å². The van der Waals surface area contributed by atoms with Gasteiger partial charge in [0.1, 0.15) is 0 Å². The van der Waals surface area contributed by atoms with Gasteiger partial charge in [0.05, 0.1) is 6.33 Å². The summed E-state index contributed by atoms with van der Waals surface area (Å²) in [7, 11) is 0. The number of nitrogens with two attached hydrogens (primary N) is 1. The number of imidazole rings is 1. The van der Waals surface area contributed by atoms with Crippen LogP contribution in [0.15, 0.2) is 30.9 Å². The number of H-pyrrole nitrogens is 1. The molecule has 1 heterocycles. The van der Waals surface area contributed by atoms with Gasteiger partial charge in [-0.1, -0.05) is 6.58 Å². The highest BCUT2D eigenvalue weighted by Crippen LogP contribution is 1.78. The Morgan fingerprint density at radius 2 is 2.27 bits per heavy atom. The first-order valence-electron chi connectivity index (χ1n) is 3.02. The topological polar surface area (TPSA) is 71.8 Å². The minimum atomic E-state index is -0.435. The zero-order chi connectivity index (χ0) is 8.69. The minimum absolute atomic E-state index is 0.398. The van der Waals surface area contributed by atoms with Gasteiger partial charge in [0.2, 0.25) is 5.91 Å². The van der Waals surface area contributed by atoms with E-state index in [1.807, 2.05) is 0 Å². The lowest BCUT2D eigenvalue weighted by atomic mass is 10.3. The molecule has 0 unspecified atom stereocenters. The zero-order valence-corrected chi connectivity index (χ0v) is 6.37. The van der Waals surface area contributed by atoms with E-state index in [4.69, 9.17) is 5.73 Å². The second-order valence-corrected chi connectivity index (χ2v) is 1.91. The van der Waals surface area contributed by atoms with E-state index in [0.29, 0.717) is 5.57 Å². The molecule has 0 aromatic carbocycles. The van der Waals surface area contributed by atoms with Crippen molar-refractivity contribution in [2.45, 2.75) is 6.92 Å². The van der Waals surface area contributed by atoms with Crippen LogP contribution in [0.5, 0.6) is 0 Å². The summed E-state index contributed by atoms with van der Waals surface area (Å²) in [5.74, 6) is -0.435. The molecule has 3 N–H and O–H groups in total. The second-order valence-electron chi connectivity index (χ2n) is 1.91. The van der Waals surface area contributed by atoms with Gasteiger partial charge in [-0.25, -0.2) is 4.98 Å². The van der Waals surface area contributed by atoms with Gasteiger partial charge < -0.3 is 10.7 Å². The van der Waals surface area contributed by atoms with Crippen molar-refractivity contribution < 1.29 is 4.79 Å². The van der Waals surface area contributed by atoms with Gasteiger partial charge in [-0.3, -0.25) is 4.79 Å². The molecule has 0 atom stereocenters. The predicted octanol–water partition coefficient (Wildman–Crippen LogP) is 0.457. The largest absolute Gasteiger partial charge is 0.366 e. The number of aromatic amines is 1. The molecule has 0 bridgehead atoms. The van der Waals surface area contributed by atoms with E-state index in [-0.39, 0.29) is 0 Å². The standard InChI is InChI=1S/C4H7NO.C3H4N2/c1-3(2)4(5)6;1-2-5-3-4-1/h1H2,2H3,(H2,5,6);1-3H,(H,4,5). The molecule has 0 aliphatic heterocycles. The van der Waals surface area contributed by atoms with Crippen LogP contribution in [0.1, 0.15) is 6.92 Å². The summed E-state index contributed by atoms with van der Waals surface area (Å²) >= 11 is 0. The van der Waals surface area contributed by atoms with E-state index in [0.717, 1.165) is 0 Å². The van der Waals surface area contributed by atoms with Crippen molar-refractivity contribution in [3.63, 3.8) is 0 Å². The minimum Gasteiger partial charge on any atom is -0.366 e. The maximum atomic E-state index is 9.82. The fourth-order valence-corrected chi connectivity index (χ4v) is 0.215. The van der Waals surface area contributed by atoms with Crippen LogP contribution in [0, 0.1) is 0 Å². The molecule has 0 spiro atoms. The average molecular weight is 153 g/mol. The van der Waals surface area contributed by atoms with E-state index in [1.165, 1.54) is 0 Å². The molecule has 0 aliphatic carbocycles. The number of hydrogen-bond donors (Lipinski definition) is 2. The maximum absolute atomic E-state index is 9.82. The third kappa shape index (κ3) is 6.30. The highest BCUT2D eigenvalue weighted by Gasteiger charge is 1.86. The highest BCUT2D eigenvalue weighted by atomic mass is 16.1. The molecule has 0 fully saturated rings. The van der Waals surface area contributed by atoms with Crippen LogP contribution in [0.2, 0.25) is 0 Å². The van der Waals surface area contributed by atoms with Gasteiger partial charge in [-0.05, 0) is 6.92 Å². The molecule has 0 saturated carbocycles. The fraction of sp³-hybridized carbons (Fsp3) is 0.143. The molecule has 4 nitrogen and oxygen atoms in total. The lowest BCUT2D eigenvalue weighted by Crippen LogP contribution is -2.10. The van der Waals surface area contributed by atoms with Crippen molar-refractivity contribution >= 4 is 5.91 Å². The van der Waals surface area contributed by atoms with E-state index in [1.54, 1.807) is 25.6 Å². The number of rotatable bonds is 1. The Balaban J connectivity index is 0.000000183. The predicted molar refractivity (Wildman–Crippen MR) is 42.6 cm³/mol. The van der Waals surface area contributed by atoms with Crippen molar-refractivity contribution in [1.29, 1.82) is 0 Å². The third-order valence-electron chi connectivity index (χ3n) is 0.827. The molecule has 11 heavy (non-hydrogen) atoms. The summed E-state index contributed by atoms with van der Waals surface area (Å²) < 4.78 is 0. The molecule has 1 amide bonds. The molecule has 1 aromatic rings. The lowest BCUT2D eigenvalue weighted by Gasteiger charge is -1.81. The quantitative estimate of drug-likeness (QED) is 0.575. The summed E-state index contributed by atoms with van der Waals surface area (Å²) in [4.78, 5) is 16.2. The number of carbonyl (C=O) groups is 1. The SMILES string of the molecule is C=C(C)C(N)=O.c1c[nH]cn1. The first-order valence-corrected chi connectivity index (χ1v) is 3.02. The number of amides is 1. The molecule has 1 rings (SSSR count). The van der Waals surface area contributed by atoms with Crippen LogP contribution in [0.4, 0.5) is 0 Å². The Labute approximate surface area is 65.1 Å². The molecule has 4 heteroatoms. The molecule has 0 aliphatic rings. The van der Waals surface area contributed by atoms with Crippen molar-refractivity contribution in [2.75, 3.05) is 0 Å². The van der Waals surface area contributed by atoms with Gasteiger partial charge in [-0.15, -0.1) is 0 Å². The zero-order valence-electron chi connectivity index (χ0n) is 6.37. The Bertz CT molecular complexity index is 186. The summed E-state index contributed by atoms with van der Waals surface area (Å²) in [6, 6.07) is 0. The Morgan fingerprint density at radius 1 is 1.73 bits per heavy atom. The number of primary amides is 1. The average Bonchev–Trinajstić information content (AvgIpc) is 2.41. The van der Waals surface area contributed by atoms with Gasteiger partial charge in [0.15, 0.2) is 0 Å². The van der Waals surface area contributed by atoms with Crippen LogP contribution < -0.4 is 5.73 Å². The molecule has 60 valence electrons. The van der Waals surface area contributed by atoms with Gasteiger partial charge in [0, 0.05) is 18.0 Å². The Hall–Kier alpha value is -1.58. The summed E-state index contributed by atoms with van der Waals surface area (Å²) in [6.45, 7) is 4.85. The van der Waals surface area contributed by atoms with Crippen LogP contribution in [0.25, 0.3) is 0 Å². The van der Waals surface area contributed by atoms with Crippen LogP contribution in [-0.4, -0.2) is 15.9 Å². The first kappa shape index (κ1) is 9.42. The molecule has 0 radical (unpaired) electrons. The molecule has 0 saturated heterocycles. The van der Waals surface area contributed by atoms with Gasteiger partial charge >= 0.3 is 0 Å². The number of nitrogens with one attached hydrogen (secondary N) is 1. The molecule has 1 aromatic heterocycles. The van der Waals surface area contributed by atoms with E-state index >= 15 is 0 Å². The second kappa shape index (κ2) is 5.22. The summed E-state index contributed by atoms with van der Waals surface area (Å²) in [5, 5.41) is 0. The van der Waals surface area contributed by atoms with E-state index in [2.05, 4.69) is 16.5 Å². The highest BCUT2D eigenvalue weighted by molar-refractivity contribution is 5.90. The fourth-order valence-electron chi connectivity index (χ4n) is 0.215. The molecular weight excluding hydrogens is 142 g/mol. The summed E-state index contributed by atoms with van der Waals surface area (Å²) in [6.07, 6.45) is 5.08. The van der Waals surface area contributed by atoms with Crippen molar-refractivity contribution in [3.05, 3.63) is 30.9 Å².